The second-order valence-corrected chi connectivity index (χ2v) is 9.72. The van der Waals surface area contributed by atoms with Crippen LogP contribution in [0.2, 0.25) is 0 Å². The van der Waals surface area contributed by atoms with E-state index in [1.165, 1.54) is 10.6 Å². The molecule has 1 nitrogen and oxygen atoms in total. The van der Waals surface area contributed by atoms with Gasteiger partial charge in [-0.25, -0.2) is 8.83 Å². The Kier molecular flexibility index (Phi) is 6.32. The molecule has 1 atom stereocenters. The molecule has 0 amide bonds. The van der Waals surface area contributed by atoms with Crippen molar-refractivity contribution >= 4 is 32.7 Å². The fraction of sp³-hybridized carbons (Fsp3) is 0.143. The average Bonchev–Trinajstić information content (AvgIpc) is 2.64. The van der Waals surface area contributed by atoms with Crippen molar-refractivity contribution in [3.8, 4) is 0 Å². The third-order valence-electron chi connectivity index (χ3n) is 3.81. The number of rotatable bonds is 6. The van der Waals surface area contributed by atoms with Crippen molar-refractivity contribution in [2.24, 2.45) is 0 Å². The van der Waals surface area contributed by atoms with Crippen LogP contribution in [-0.4, -0.2) is 10.5 Å². The lowest BCUT2D eigenvalue weighted by Gasteiger charge is -2.35. The highest BCUT2D eigenvalue weighted by molar-refractivity contribution is 7.77. The van der Waals surface area contributed by atoms with Crippen LogP contribution in [0.25, 0.3) is 0 Å². The van der Waals surface area contributed by atoms with E-state index in [1.807, 2.05) is 24.3 Å². The number of hydrogen-bond acceptors (Lipinski definition) is 1. The first-order chi connectivity index (χ1) is 12.2. The zero-order valence-electron chi connectivity index (χ0n) is 14.4. The van der Waals surface area contributed by atoms with Crippen LogP contribution in [-0.2, 0) is 0 Å². The number of nitrogens with zero attached hydrogens (tertiary/aromatic N) is 1. The Bertz CT molecular complexity index is 754. The van der Waals surface area contributed by atoms with Gasteiger partial charge in [0.1, 0.15) is 5.82 Å². The van der Waals surface area contributed by atoms with Crippen molar-refractivity contribution in [2.75, 3.05) is 0 Å². The molecule has 0 heterocycles. The van der Waals surface area contributed by atoms with E-state index < -0.39 is 8.07 Å². The summed E-state index contributed by atoms with van der Waals surface area (Å²) in [5.74, 6) is -0.123. The van der Waals surface area contributed by atoms with Crippen molar-refractivity contribution in [2.45, 2.75) is 19.9 Å². The Morgan fingerprint density at radius 3 is 1.72 bits per heavy atom. The topological polar surface area (TPSA) is 3.24 Å². The second kappa shape index (κ2) is 8.68. The lowest BCUT2D eigenvalue weighted by Crippen LogP contribution is -2.29. The van der Waals surface area contributed by atoms with Gasteiger partial charge in [0, 0.05) is 19.4 Å². The first-order valence-corrected chi connectivity index (χ1v) is 10.6. The molecule has 0 bridgehead atoms. The maximum atomic E-state index is 14.3. The van der Waals surface area contributed by atoms with Gasteiger partial charge in [-0.1, -0.05) is 78.9 Å². The molecule has 3 rings (SSSR count). The van der Waals surface area contributed by atoms with Gasteiger partial charge in [-0.3, -0.25) is 0 Å². The predicted octanol–water partition coefficient (Wildman–Crippen LogP) is 4.80. The summed E-state index contributed by atoms with van der Waals surface area (Å²) in [6, 6.07) is 28.6. The van der Waals surface area contributed by atoms with Crippen molar-refractivity contribution in [1.29, 1.82) is 0 Å². The molecule has 0 aliphatic heterocycles. The first kappa shape index (κ1) is 18.2. The van der Waals surface area contributed by atoms with E-state index in [1.54, 1.807) is 12.1 Å². The third kappa shape index (κ3) is 4.53. The summed E-state index contributed by atoms with van der Waals surface area (Å²) in [5.41, 5.74) is 0. The van der Waals surface area contributed by atoms with Gasteiger partial charge in [0.05, 0.1) is 0 Å². The Labute approximate surface area is 152 Å². The molecular formula is C21H22FNP2. The van der Waals surface area contributed by atoms with Crippen LogP contribution in [0.15, 0.2) is 84.9 Å². The van der Waals surface area contributed by atoms with E-state index >= 15 is 0 Å². The molecule has 4 heteroatoms. The van der Waals surface area contributed by atoms with E-state index in [0.29, 0.717) is 14.8 Å². The fourth-order valence-corrected chi connectivity index (χ4v) is 7.07. The number of hydrogen-bond donors (Lipinski definition) is 0. The number of benzene rings is 3. The summed E-state index contributed by atoms with van der Waals surface area (Å²) < 4.78 is 16.7. The van der Waals surface area contributed by atoms with E-state index in [9.17, 15) is 4.39 Å². The molecule has 0 spiro atoms. The molecule has 25 heavy (non-hydrogen) atoms. The molecule has 0 N–H and O–H groups in total. The minimum Gasteiger partial charge on any atom is -0.249 e. The van der Waals surface area contributed by atoms with Crippen molar-refractivity contribution < 1.29 is 4.39 Å². The first-order valence-electron chi connectivity index (χ1n) is 8.37. The van der Waals surface area contributed by atoms with Gasteiger partial charge in [-0.2, -0.15) is 0 Å². The molecule has 3 aromatic carbocycles. The summed E-state index contributed by atoms with van der Waals surface area (Å²) in [4.78, 5) is 0. The van der Waals surface area contributed by atoms with Crippen LogP contribution < -0.4 is 15.9 Å². The molecule has 0 aliphatic rings. The van der Waals surface area contributed by atoms with Crippen LogP contribution in [0, 0.1) is 5.82 Å². The Hall–Kier alpha value is -1.59. The highest BCUT2D eigenvalue weighted by atomic mass is 31.2. The summed E-state index contributed by atoms with van der Waals surface area (Å²) in [5, 5.41) is 3.36. The Morgan fingerprint density at radius 2 is 1.24 bits per heavy atom. The van der Waals surface area contributed by atoms with Crippen LogP contribution in [0.1, 0.15) is 13.8 Å². The maximum absolute atomic E-state index is 14.3. The molecule has 0 radical (unpaired) electrons. The molecular weight excluding hydrogens is 347 g/mol. The summed E-state index contributed by atoms with van der Waals surface area (Å²) >= 11 is 0. The van der Waals surface area contributed by atoms with Crippen molar-refractivity contribution in [1.82, 2.24) is 4.44 Å². The van der Waals surface area contributed by atoms with E-state index in [0.717, 1.165) is 5.30 Å². The molecule has 0 saturated carbocycles. The SMILES string of the molecule is CC(C)N(Pc1ccccc1F)P(c1ccccc1)c1ccccc1. The minimum atomic E-state index is -0.711. The lowest BCUT2D eigenvalue weighted by atomic mass is 10.3. The van der Waals surface area contributed by atoms with Gasteiger partial charge in [0.25, 0.3) is 0 Å². The normalized spacial score (nSPS) is 11.9. The van der Waals surface area contributed by atoms with Crippen LogP contribution in [0.3, 0.4) is 0 Å². The van der Waals surface area contributed by atoms with E-state index in [4.69, 9.17) is 0 Å². The van der Waals surface area contributed by atoms with Gasteiger partial charge in [-0.15, -0.1) is 0 Å². The van der Waals surface area contributed by atoms with E-state index in [-0.39, 0.29) is 5.82 Å². The average molecular weight is 369 g/mol. The summed E-state index contributed by atoms with van der Waals surface area (Å²) in [6.45, 7) is 4.38. The van der Waals surface area contributed by atoms with Crippen molar-refractivity contribution in [3.05, 3.63) is 90.7 Å². The predicted molar refractivity (Wildman–Crippen MR) is 110 cm³/mol. The molecule has 128 valence electrons. The minimum absolute atomic E-state index is 0.123. The van der Waals surface area contributed by atoms with E-state index in [2.05, 4.69) is 66.8 Å². The quantitative estimate of drug-likeness (QED) is 0.564. The summed E-state index contributed by atoms with van der Waals surface area (Å²) in [6.07, 6.45) is 0. The van der Waals surface area contributed by atoms with Gasteiger partial charge < -0.3 is 0 Å². The standard InChI is InChI=1S/C21H22FNP2/c1-17(2)23(24-21-16-10-9-15-20(21)22)25(18-11-5-3-6-12-18)19-13-7-4-8-14-19/h3-17,24H,1-2H3. The number of halogens is 1. The Balaban J connectivity index is 2.04. The molecule has 1 unspecified atom stereocenters. The fourth-order valence-electron chi connectivity index (χ4n) is 2.62. The smallest absolute Gasteiger partial charge is 0.131 e. The molecule has 3 aromatic rings. The maximum Gasteiger partial charge on any atom is 0.131 e. The largest absolute Gasteiger partial charge is 0.249 e. The Morgan fingerprint density at radius 1 is 0.760 bits per heavy atom. The lowest BCUT2D eigenvalue weighted by molar-refractivity contribution is 0.585. The molecule has 0 aromatic heterocycles. The highest BCUT2D eigenvalue weighted by Gasteiger charge is 2.25. The zero-order valence-corrected chi connectivity index (χ0v) is 16.3. The highest BCUT2D eigenvalue weighted by Crippen LogP contribution is 2.47. The summed E-state index contributed by atoms with van der Waals surface area (Å²) in [7, 11) is -0.418. The third-order valence-corrected chi connectivity index (χ3v) is 8.57. The van der Waals surface area contributed by atoms with Gasteiger partial charge >= 0.3 is 0 Å². The molecule has 0 aliphatic carbocycles. The monoisotopic (exact) mass is 369 g/mol. The van der Waals surface area contributed by atoms with Gasteiger partial charge in [0.2, 0.25) is 0 Å². The van der Waals surface area contributed by atoms with Crippen molar-refractivity contribution in [3.63, 3.8) is 0 Å². The molecule has 0 saturated heterocycles. The molecule has 0 fully saturated rings. The zero-order chi connectivity index (χ0) is 17.6. The van der Waals surface area contributed by atoms with Crippen LogP contribution in [0.4, 0.5) is 4.39 Å². The van der Waals surface area contributed by atoms with Gasteiger partial charge in [0.15, 0.2) is 0 Å². The van der Waals surface area contributed by atoms with Crippen LogP contribution in [0.5, 0.6) is 0 Å². The van der Waals surface area contributed by atoms with Crippen LogP contribution >= 0.6 is 16.8 Å². The second-order valence-electron chi connectivity index (χ2n) is 6.01. The van der Waals surface area contributed by atoms with Gasteiger partial charge in [-0.05, 0) is 39.3 Å².